The van der Waals surface area contributed by atoms with E-state index in [4.69, 9.17) is 10.2 Å². The van der Waals surface area contributed by atoms with Gasteiger partial charge in [0.2, 0.25) is 0 Å². The van der Waals surface area contributed by atoms with Crippen LogP contribution in [0.2, 0.25) is 0 Å². The standard InChI is InChI=1S/C13H27NO7/c1-13(2,3)7-14(5-10(18)19)4-8(16)11(20)12(21)9(17)6-15/h8-9,11-12,15-17,20-21H,4-7H2,1-3H3,(H,18,19). The fourth-order valence-corrected chi connectivity index (χ4v) is 1.98. The normalized spacial score (nSPS) is 18.3. The maximum absolute atomic E-state index is 10.8. The zero-order valence-corrected chi connectivity index (χ0v) is 12.7. The molecule has 8 heteroatoms. The molecule has 0 saturated carbocycles. The molecule has 4 atom stereocenters. The maximum Gasteiger partial charge on any atom is 0.317 e. The van der Waals surface area contributed by atoms with Crippen LogP contribution in [0.15, 0.2) is 0 Å². The van der Waals surface area contributed by atoms with Crippen molar-refractivity contribution in [3.63, 3.8) is 0 Å². The molecule has 0 spiro atoms. The summed E-state index contributed by atoms with van der Waals surface area (Å²) in [5.74, 6) is -1.07. The fourth-order valence-electron chi connectivity index (χ4n) is 1.98. The van der Waals surface area contributed by atoms with Gasteiger partial charge in [0.05, 0.1) is 19.3 Å². The van der Waals surface area contributed by atoms with E-state index in [1.165, 1.54) is 4.90 Å². The highest BCUT2D eigenvalue weighted by Gasteiger charge is 2.32. The van der Waals surface area contributed by atoms with Gasteiger partial charge in [0, 0.05) is 13.1 Å². The summed E-state index contributed by atoms with van der Waals surface area (Å²) in [4.78, 5) is 12.3. The number of carboxylic acid groups (broad SMARTS) is 1. The highest BCUT2D eigenvalue weighted by molar-refractivity contribution is 5.69. The Morgan fingerprint density at radius 3 is 1.90 bits per heavy atom. The molecule has 0 bridgehead atoms. The van der Waals surface area contributed by atoms with Crippen molar-refractivity contribution >= 4 is 5.97 Å². The predicted molar refractivity (Wildman–Crippen MR) is 74.6 cm³/mol. The van der Waals surface area contributed by atoms with E-state index in [1.54, 1.807) is 0 Å². The number of aliphatic hydroxyl groups is 5. The van der Waals surface area contributed by atoms with Crippen LogP contribution in [0.1, 0.15) is 20.8 Å². The Balaban J connectivity index is 4.71. The van der Waals surface area contributed by atoms with Crippen molar-refractivity contribution in [3.8, 4) is 0 Å². The molecule has 0 rings (SSSR count). The Kier molecular flexibility index (Phi) is 8.30. The number of rotatable bonds is 9. The summed E-state index contributed by atoms with van der Waals surface area (Å²) in [5, 5.41) is 55.9. The summed E-state index contributed by atoms with van der Waals surface area (Å²) in [6, 6.07) is 0. The van der Waals surface area contributed by atoms with E-state index in [0.717, 1.165) is 0 Å². The van der Waals surface area contributed by atoms with Crippen LogP contribution in [0.4, 0.5) is 0 Å². The topological polar surface area (TPSA) is 142 Å². The van der Waals surface area contributed by atoms with Crippen LogP contribution >= 0.6 is 0 Å². The van der Waals surface area contributed by atoms with Gasteiger partial charge in [-0.1, -0.05) is 20.8 Å². The molecule has 0 aliphatic rings. The lowest BCUT2D eigenvalue weighted by atomic mass is 9.95. The average Bonchev–Trinajstić information content (AvgIpc) is 2.32. The highest BCUT2D eigenvalue weighted by Crippen LogP contribution is 2.16. The Labute approximate surface area is 124 Å². The van der Waals surface area contributed by atoms with Gasteiger partial charge in [-0.15, -0.1) is 0 Å². The van der Waals surface area contributed by atoms with Crippen molar-refractivity contribution in [1.29, 1.82) is 0 Å². The van der Waals surface area contributed by atoms with E-state index >= 15 is 0 Å². The molecule has 0 saturated heterocycles. The van der Waals surface area contributed by atoms with Gasteiger partial charge in [0.1, 0.15) is 18.3 Å². The highest BCUT2D eigenvalue weighted by atomic mass is 16.4. The first-order valence-electron chi connectivity index (χ1n) is 6.75. The van der Waals surface area contributed by atoms with Crippen LogP contribution in [-0.4, -0.2) is 92.2 Å². The monoisotopic (exact) mass is 309 g/mol. The van der Waals surface area contributed by atoms with Crippen LogP contribution in [0.5, 0.6) is 0 Å². The number of hydrogen-bond acceptors (Lipinski definition) is 7. The van der Waals surface area contributed by atoms with E-state index < -0.39 is 37.0 Å². The van der Waals surface area contributed by atoms with Crippen LogP contribution in [0.3, 0.4) is 0 Å². The first kappa shape index (κ1) is 20.2. The first-order chi connectivity index (χ1) is 9.47. The van der Waals surface area contributed by atoms with Crippen molar-refractivity contribution < 1.29 is 35.4 Å². The number of hydrogen-bond donors (Lipinski definition) is 6. The second-order valence-electron chi connectivity index (χ2n) is 6.42. The summed E-state index contributed by atoms with van der Waals surface area (Å²) in [7, 11) is 0. The molecule has 6 N–H and O–H groups in total. The molecule has 8 nitrogen and oxygen atoms in total. The second-order valence-corrected chi connectivity index (χ2v) is 6.42. The number of carbonyl (C=O) groups is 1. The van der Waals surface area contributed by atoms with Crippen molar-refractivity contribution in [2.45, 2.75) is 45.2 Å². The summed E-state index contributed by atoms with van der Waals surface area (Å²) < 4.78 is 0. The van der Waals surface area contributed by atoms with Gasteiger partial charge in [-0.05, 0) is 5.41 Å². The molecule has 0 amide bonds. The number of aliphatic hydroxyl groups excluding tert-OH is 5. The largest absolute Gasteiger partial charge is 0.480 e. The summed E-state index contributed by atoms with van der Waals surface area (Å²) in [5.41, 5.74) is -0.219. The lowest BCUT2D eigenvalue weighted by Gasteiger charge is -2.33. The van der Waals surface area contributed by atoms with E-state index in [9.17, 15) is 25.2 Å². The quantitative estimate of drug-likeness (QED) is 0.283. The average molecular weight is 309 g/mol. The van der Waals surface area contributed by atoms with Gasteiger partial charge < -0.3 is 30.6 Å². The van der Waals surface area contributed by atoms with E-state index in [2.05, 4.69) is 0 Å². The maximum atomic E-state index is 10.8. The zero-order chi connectivity index (χ0) is 16.8. The first-order valence-corrected chi connectivity index (χ1v) is 6.75. The summed E-state index contributed by atoms with van der Waals surface area (Å²) in [6.45, 7) is 4.80. The SMILES string of the molecule is CC(C)(C)CN(CC(=O)O)CC(O)C(O)C(O)C(O)CO. The van der Waals surface area contributed by atoms with Crippen LogP contribution < -0.4 is 0 Å². The van der Waals surface area contributed by atoms with E-state index in [1.807, 2.05) is 20.8 Å². The van der Waals surface area contributed by atoms with Crippen molar-refractivity contribution in [1.82, 2.24) is 4.90 Å². The van der Waals surface area contributed by atoms with Gasteiger partial charge in [-0.2, -0.15) is 0 Å². The van der Waals surface area contributed by atoms with Gasteiger partial charge in [-0.25, -0.2) is 0 Å². The third kappa shape index (κ3) is 8.30. The lowest BCUT2D eigenvalue weighted by Crippen LogP contribution is -2.51. The van der Waals surface area contributed by atoms with Crippen LogP contribution in [0.25, 0.3) is 0 Å². The molecule has 0 radical (unpaired) electrons. The summed E-state index contributed by atoms with van der Waals surface area (Å²) in [6.07, 6.45) is -6.44. The third-order valence-electron chi connectivity index (χ3n) is 2.83. The molecule has 0 aliphatic carbocycles. The van der Waals surface area contributed by atoms with Gasteiger partial charge in [-0.3, -0.25) is 9.69 Å². The van der Waals surface area contributed by atoms with Gasteiger partial charge >= 0.3 is 5.97 Å². The van der Waals surface area contributed by atoms with Crippen molar-refractivity contribution in [2.75, 3.05) is 26.2 Å². The van der Waals surface area contributed by atoms with Crippen LogP contribution in [-0.2, 0) is 4.79 Å². The molecule has 0 aliphatic heterocycles. The Hall–Kier alpha value is -0.770. The fraction of sp³-hybridized carbons (Fsp3) is 0.923. The van der Waals surface area contributed by atoms with Crippen LogP contribution in [0, 0.1) is 5.41 Å². The van der Waals surface area contributed by atoms with E-state index in [0.29, 0.717) is 6.54 Å². The molecule has 0 aromatic carbocycles. The molecular weight excluding hydrogens is 282 g/mol. The minimum absolute atomic E-state index is 0.181. The van der Waals surface area contributed by atoms with E-state index in [-0.39, 0.29) is 18.5 Å². The lowest BCUT2D eigenvalue weighted by molar-refractivity contribution is -0.141. The zero-order valence-electron chi connectivity index (χ0n) is 12.7. The smallest absolute Gasteiger partial charge is 0.317 e. The molecule has 0 fully saturated rings. The molecule has 0 aromatic rings. The Morgan fingerprint density at radius 2 is 1.52 bits per heavy atom. The Morgan fingerprint density at radius 1 is 1.05 bits per heavy atom. The minimum atomic E-state index is -1.72. The molecule has 21 heavy (non-hydrogen) atoms. The molecule has 126 valence electrons. The number of nitrogens with zero attached hydrogens (tertiary/aromatic N) is 1. The molecular formula is C13H27NO7. The van der Waals surface area contributed by atoms with Crippen molar-refractivity contribution in [2.24, 2.45) is 5.41 Å². The van der Waals surface area contributed by atoms with Gasteiger partial charge in [0.15, 0.2) is 0 Å². The minimum Gasteiger partial charge on any atom is -0.480 e. The Bertz CT molecular complexity index is 318. The molecule has 4 unspecified atom stereocenters. The second kappa shape index (κ2) is 8.62. The van der Waals surface area contributed by atoms with Gasteiger partial charge in [0.25, 0.3) is 0 Å². The number of carboxylic acids is 1. The van der Waals surface area contributed by atoms with Crippen molar-refractivity contribution in [3.05, 3.63) is 0 Å². The predicted octanol–water partition coefficient (Wildman–Crippen LogP) is -2.14. The molecule has 0 heterocycles. The third-order valence-corrected chi connectivity index (χ3v) is 2.83. The number of aliphatic carboxylic acids is 1. The molecule has 0 aromatic heterocycles. The summed E-state index contributed by atoms with van der Waals surface area (Å²) >= 11 is 0.